The lowest BCUT2D eigenvalue weighted by atomic mass is 9.86. The van der Waals surface area contributed by atoms with E-state index in [4.69, 9.17) is 4.74 Å². The van der Waals surface area contributed by atoms with Crippen LogP contribution in [0.3, 0.4) is 0 Å². The van der Waals surface area contributed by atoms with E-state index in [1.807, 2.05) is 31.2 Å². The van der Waals surface area contributed by atoms with E-state index in [0.29, 0.717) is 5.92 Å². The van der Waals surface area contributed by atoms with Gasteiger partial charge in [-0.05, 0) is 38.2 Å². The Hall–Kier alpha value is -1.84. The van der Waals surface area contributed by atoms with E-state index < -0.39 is 6.10 Å². The third-order valence-corrected chi connectivity index (χ3v) is 4.59. The molecule has 1 aromatic rings. The Labute approximate surface area is 138 Å². The number of amides is 1. The summed E-state index contributed by atoms with van der Waals surface area (Å²) in [7, 11) is 0. The van der Waals surface area contributed by atoms with Crippen molar-refractivity contribution in [3.63, 3.8) is 0 Å². The molecule has 1 aromatic carbocycles. The smallest absolute Gasteiger partial charge is 0.311 e. The minimum absolute atomic E-state index is 0.192. The molecule has 1 aliphatic carbocycles. The summed E-state index contributed by atoms with van der Waals surface area (Å²) in [5.74, 6) is -0.0719. The number of rotatable bonds is 5. The van der Waals surface area contributed by atoms with Crippen molar-refractivity contribution < 1.29 is 14.3 Å². The normalized spacial score (nSPS) is 22.2. The van der Waals surface area contributed by atoms with E-state index >= 15 is 0 Å². The second kappa shape index (κ2) is 8.14. The molecule has 0 heterocycles. The average molecular weight is 317 g/mol. The number of carbonyl (C=O) groups excluding carboxylic acids is 2. The van der Waals surface area contributed by atoms with E-state index in [2.05, 4.69) is 12.2 Å². The Morgan fingerprint density at radius 1 is 1.22 bits per heavy atom. The van der Waals surface area contributed by atoms with Crippen LogP contribution in [0.15, 0.2) is 24.3 Å². The molecule has 1 saturated carbocycles. The van der Waals surface area contributed by atoms with Gasteiger partial charge in [-0.25, -0.2) is 0 Å². The van der Waals surface area contributed by atoms with Gasteiger partial charge in [-0.3, -0.25) is 9.59 Å². The number of hydrogen-bond donors (Lipinski definition) is 1. The number of carbonyl (C=O) groups is 2. The number of hydrogen-bond acceptors (Lipinski definition) is 3. The molecular formula is C19H27NO3. The minimum atomic E-state index is -0.748. The van der Waals surface area contributed by atoms with Crippen LogP contribution in [0, 0.1) is 12.8 Å². The fourth-order valence-corrected chi connectivity index (χ4v) is 3.00. The van der Waals surface area contributed by atoms with Crippen LogP contribution in [0.4, 0.5) is 0 Å². The molecule has 2 rings (SSSR count). The highest BCUT2D eigenvalue weighted by molar-refractivity contribution is 5.84. The van der Waals surface area contributed by atoms with Crippen molar-refractivity contribution in [2.45, 2.75) is 65.0 Å². The second-order valence-electron chi connectivity index (χ2n) is 6.67. The Kier molecular flexibility index (Phi) is 6.20. The van der Waals surface area contributed by atoms with Crippen molar-refractivity contribution in [1.82, 2.24) is 5.32 Å². The van der Waals surface area contributed by atoms with Crippen LogP contribution in [-0.2, 0) is 20.7 Å². The number of ether oxygens (including phenoxy) is 1. The second-order valence-corrected chi connectivity index (χ2v) is 6.67. The van der Waals surface area contributed by atoms with Gasteiger partial charge < -0.3 is 10.1 Å². The molecule has 1 fully saturated rings. The van der Waals surface area contributed by atoms with E-state index in [1.54, 1.807) is 6.92 Å². The summed E-state index contributed by atoms with van der Waals surface area (Å²) in [6, 6.07) is 7.94. The fraction of sp³-hybridized carbons (Fsp3) is 0.579. The topological polar surface area (TPSA) is 55.4 Å². The SMILES string of the molecule is Cc1ccc(CC(=O)O[C@@H](C)C(=O)N[C@H]2CCCC[C@@H]2C)cc1. The van der Waals surface area contributed by atoms with E-state index in [0.717, 1.165) is 30.4 Å². The van der Waals surface area contributed by atoms with Gasteiger partial charge in [0.15, 0.2) is 6.10 Å². The first-order chi connectivity index (χ1) is 11.0. The van der Waals surface area contributed by atoms with Crippen molar-refractivity contribution in [3.8, 4) is 0 Å². The van der Waals surface area contributed by atoms with Gasteiger partial charge in [-0.2, -0.15) is 0 Å². The van der Waals surface area contributed by atoms with E-state index in [1.165, 1.54) is 6.42 Å². The first-order valence-corrected chi connectivity index (χ1v) is 8.51. The standard InChI is InChI=1S/C19H27NO3/c1-13-8-10-16(11-9-13)12-18(21)23-15(3)19(22)20-17-7-5-4-6-14(17)2/h8-11,14-15,17H,4-7,12H2,1-3H3,(H,20,22)/t14-,15-,17-/m0/s1. The molecule has 3 atom stereocenters. The summed E-state index contributed by atoms with van der Waals surface area (Å²) in [5.41, 5.74) is 2.05. The van der Waals surface area contributed by atoms with Crippen LogP contribution in [0.25, 0.3) is 0 Å². The predicted octanol–water partition coefficient (Wildman–Crippen LogP) is 3.16. The van der Waals surface area contributed by atoms with Gasteiger partial charge in [-0.15, -0.1) is 0 Å². The summed E-state index contributed by atoms with van der Waals surface area (Å²) in [6.45, 7) is 5.80. The van der Waals surface area contributed by atoms with Gasteiger partial charge in [0.05, 0.1) is 6.42 Å². The van der Waals surface area contributed by atoms with Crippen molar-refractivity contribution in [3.05, 3.63) is 35.4 Å². The third-order valence-electron chi connectivity index (χ3n) is 4.59. The van der Waals surface area contributed by atoms with Gasteiger partial charge in [0, 0.05) is 6.04 Å². The lowest BCUT2D eigenvalue weighted by Gasteiger charge is -2.30. The summed E-state index contributed by atoms with van der Waals surface area (Å²) in [6.07, 6.45) is 3.98. The molecule has 0 saturated heterocycles. The first-order valence-electron chi connectivity index (χ1n) is 8.51. The molecule has 4 nitrogen and oxygen atoms in total. The number of benzene rings is 1. The Balaban J connectivity index is 1.80. The van der Waals surface area contributed by atoms with Gasteiger partial charge in [0.2, 0.25) is 0 Å². The van der Waals surface area contributed by atoms with Crippen molar-refractivity contribution in [2.24, 2.45) is 5.92 Å². The molecule has 23 heavy (non-hydrogen) atoms. The largest absolute Gasteiger partial charge is 0.452 e. The molecule has 1 aliphatic rings. The third kappa shape index (κ3) is 5.38. The maximum Gasteiger partial charge on any atom is 0.311 e. The van der Waals surface area contributed by atoms with Crippen molar-refractivity contribution in [2.75, 3.05) is 0 Å². The van der Waals surface area contributed by atoms with Crippen LogP contribution in [0.1, 0.15) is 50.7 Å². The lowest BCUT2D eigenvalue weighted by Crippen LogP contribution is -2.46. The molecule has 126 valence electrons. The predicted molar refractivity (Wildman–Crippen MR) is 90.0 cm³/mol. The zero-order valence-corrected chi connectivity index (χ0v) is 14.3. The molecule has 0 unspecified atom stereocenters. The Morgan fingerprint density at radius 2 is 1.87 bits per heavy atom. The first kappa shape index (κ1) is 17.5. The highest BCUT2D eigenvalue weighted by Gasteiger charge is 2.26. The average Bonchev–Trinajstić information content (AvgIpc) is 2.51. The van der Waals surface area contributed by atoms with Gasteiger partial charge in [0.25, 0.3) is 5.91 Å². The maximum absolute atomic E-state index is 12.2. The van der Waals surface area contributed by atoms with Crippen LogP contribution < -0.4 is 5.32 Å². The fourth-order valence-electron chi connectivity index (χ4n) is 3.00. The number of esters is 1. The van der Waals surface area contributed by atoms with Crippen molar-refractivity contribution in [1.29, 1.82) is 0 Å². The molecule has 1 N–H and O–H groups in total. The van der Waals surface area contributed by atoms with E-state index in [9.17, 15) is 9.59 Å². The van der Waals surface area contributed by atoms with Gasteiger partial charge in [0.1, 0.15) is 0 Å². The van der Waals surface area contributed by atoms with Gasteiger partial charge in [-0.1, -0.05) is 49.6 Å². The maximum atomic E-state index is 12.2. The monoisotopic (exact) mass is 317 g/mol. The molecule has 0 radical (unpaired) electrons. The summed E-state index contributed by atoms with van der Waals surface area (Å²) < 4.78 is 5.27. The van der Waals surface area contributed by atoms with E-state index in [-0.39, 0.29) is 24.3 Å². The Bertz CT molecular complexity index is 538. The highest BCUT2D eigenvalue weighted by atomic mass is 16.5. The quantitative estimate of drug-likeness (QED) is 0.849. The molecule has 4 heteroatoms. The lowest BCUT2D eigenvalue weighted by molar-refractivity contribution is -0.154. The zero-order chi connectivity index (χ0) is 16.8. The molecule has 1 amide bonds. The zero-order valence-electron chi connectivity index (χ0n) is 14.3. The molecule has 0 spiro atoms. The van der Waals surface area contributed by atoms with Crippen LogP contribution in [0.2, 0.25) is 0 Å². The van der Waals surface area contributed by atoms with Crippen LogP contribution >= 0.6 is 0 Å². The molecule has 0 aromatic heterocycles. The van der Waals surface area contributed by atoms with Gasteiger partial charge >= 0.3 is 5.97 Å². The highest BCUT2D eigenvalue weighted by Crippen LogP contribution is 2.23. The van der Waals surface area contributed by atoms with Crippen LogP contribution in [-0.4, -0.2) is 24.0 Å². The molecule has 0 aliphatic heterocycles. The molecule has 0 bridgehead atoms. The number of aryl methyl sites for hydroxylation is 1. The minimum Gasteiger partial charge on any atom is -0.452 e. The van der Waals surface area contributed by atoms with Crippen LogP contribution in [0.5, 0.6) is 0 Å². The summed E-state index contributed by atoms with van der Waals surface area (Å²) >= 11 is 0. The van der Waals surface area contributed by atoms with Crippen molar-refractivity contribution >= 4 is 11.9 Å². The molecular weight excluding hydrogens is 290 g/mol. The summed E-state index contributed by atoms with van der Waals surface area (Å²) in [4.78, 5) is 24.2. The Morgan fingerprint density at radius 3 is 2.52 bits per heavy atom. The summed E-state index contributed by atoms with van der Waals surface area (Å²) in [5, 5.41) is 3.03. The number of nitrogens with one attached hydrogen (secondary N) is 1.